The molecular weight excluding hydrogens is 416 g/mol. The largest absolute Gasteiger partial charge is 0.436 e. The van der Waals surface area contributed by atoms with Crippen molar-refractivity contribution in [3.63, 3.8) is 0 Å². The Morgan fingerprint density at radius 3 is 2.78 bits per heavy atom. The normalized spacial score (nSPS) is 15.7. The molecule has 1 aliphatic rings. The van der Waals surface area contributed by atoms with Crippen molar-refractivity contribution in [1.82, 2.24) is 15.1 Å². The Labute approximate surface area is 185 Å². The summed E-state index contributed by atoms with van der Waals surface area (Å²) in [7, 11) is 0. The average molecular weight is 441 g/mol. The Kier molecular flexibility index (Phi) is 6.80. The molecule has 6 nitrogen and oxygen atoms in total. The predicted octanol–water partition coefficient (Wildman–Crippen LogP) is 4.48. The highest BCUT2D eigenvalue weighted by Crippen LogP contribution is 2.33. The molecule has 0 spiro atoms. The van der Waals surface area contributed by atoms with E-state index < -0.39 is 11.6 Å². The van der Waals surface area contributed by atoms with Crippen LogP contribution in [0.4, 0.5) is 8.78 Å². The molecule has 2 heterocycles. The fraction of sp³-hybridized carbons (Fsp3) is 0.333. The summed E-state index contributed by atoms with van der Waals surface area (Å²) in [5.41, 5.74) is 2.07. The molecule has 1 atom stereocenters. The van der Waals surface area contributed by atoms with Crippen LogP contribution in [0.2, 0.25) is 0 Å². The van der Waals surface area contributed by atoms with Crippen molar-refractivity contribution in [3.8, 4) is 17.3 Å². The minimum Gasteiger partial charge on any atom is -0.436 e. The van der Waals surface area contributed by atoms with E-state index in [1.54, 1.807) is 4.68 Å². The molecule has 1 aliphatic heterocycles. The van der Waals surface area contributed by atoms with Gasteiger partial charge in [-0.25, -0.2) is 13.5 Å². The highest BCUT2D eigenvalue weighted by atomic mass is 19.1. The molecule has 0 saturated carbocycles. The van der Waals surface area contributed by atoms with Crippen molar-refractivity contribution >= 4 is 5.91 Å². The van der Waals surface area contributed by atoms with Gasteiger partial charge >= 0.3 is 0 Å². The molecule has 1 saturated heterocycles. The number of nitrogens with one attached hydrogen (secondary N) is 1. The van der Waals surface area contributed by atoms with E-state index in [1.165, 1.54) is 6.07 Å². The van der Waals surface area contributed by atoms with Crippen molar-refractivity contribution in [1.29, 1.82) is 0 Å². The Morgan fingerprint density at radius 2 is 2.06 bits per heavy atom. The standard InChI is InChI=1S/C24H25F2N3O3/c1-16-20(10-12-23(30)27-15-19-8-5-13-31-19)24(29(28-16)18-6-3-2-4-7-18)32-22-11-9-17(25)14-21(22)26/h2-4,6-7,9,11,14,19H,5,8,10,12-13,15H2,1H3,(H,27,30)/t19-/m1/s1. The summed E-state index contributed by atoms with van der Waals surface area (Å²) in [5.74, 6) is -1.43. The first-order valence-corrected chi connectivity index (χ1v) is 10.7. The first kappa shape index (κ1) is 22.0. The van der Waals surface area contributed by atoms with Crippen LogP contribution in [0, 0.1) is 18.6 Å². The van der Waals surface area contributed by atoms with Crippen molar-refractivity contribution in [2.24, 2.45) is 0 Å². The number of carbonyl (C=O) groups is 1. The van der Waals surface area contributed by atoms with Crippen molar-refractivity contribution in [2.75, 3.05) is 13.2 Å². The van der Waals surface area contributed by atoms with Crippen LogP contribution in [-0.2, 0) is 16.0 Å². The summed E-state index contributed by atoms with van der Waals surface area (Å²) >= 11 is 0. The van der Waals surface area contributed by atoms with Crippen LogP contribution in [0.1, 0.15) is 30.5 Å². The molecule has 1 N–H and O–H groups in total. The second-order valence-corrected chi connectivity index (χ2v) is 7.73. The van der Waals surface area contributed by atoms with E-state index in [0.29, 0.717) is 30.1 Å². The SMILES string of the molecule is Cc1nn(-c2ccccc2)c(Oc2ccc(F)cc2F)c1CCC(=O)NC[C@H]1CCCO1. The Balaban J connectivity index is 1.56. The predicted molar refractivity (Wildman–Crippen MR) is 115 cm³/mol. The highest BCUT2D eigenvalue weighted by molar-refractivity contribution is 5.76. The van der Waals surface area contributed by atoms with Gasteiger partial charge in [-0.2, -0.15) is 5.10 Å². The van der Waals surface area contributed by atoms with Gasteiger partial charge in [0.15, 0.2) is 11.6 Å². The van der Waals surface area contributed by atoms with Crippen LogP contribution < -0.4 is 10.1 Å². The van der Waals surface area contributed by atoms with Gasteiger partial charge in [-0.3, -0.25) is 4.79 Å². The molecule has 168 valence electrons. The van der Waals surface area contributed by atoms with E-state index >= 15 is 0 Å². The lowest BCUT2D eigenvalue weighted by Crippen LogP contribution is -2.31. The number of halogens is 2. The number of hydrogen-bond donors (Lipinski definition) is 1. The third-order valence-electron chi connectivity index (χ3n) is 5.39. The third-order valence-corrected chi connectivity index (χ3v) is 5.39. The van der Waals surface area contributed by atoms with E-state index in [4.69, 9.17) is 9.47 Å². The number of benzene rings is 2. The van der Waals surface area contributed by atoms with Gasteiger partial charge in [0, 0.05) is 31.2 Å². The molecule has 0 radical (unpaired) electrons. The summed E-state index contributed by atoms with van der Waals surface area (Å²) in [4.78, 5) is 12.4. The molecule has 32 heavy (non-hydrogen) atoms. The molecule has 0 aliphatic carbocycles. The molecule has 1 aromatic heterocycles. The topological polar surface area (TPSA) is 65.4 Å². The molecule has 8 heteroatoms. The highest BCUT2D eigenvalue weighted by Gasteiger charge is 2.22. The molecule has 2 aromatic carbocycles. The second-order valence-electron chi connectivity index (χ2n) is 7.73. The lowest BCUT2D eigenvalue weighted by molar-refractivity contribution is -0.121. The lowest BCUT2D eigenvalue weighted by Gasteiger charge is -2.13. The molecule has 0 bridgehead atoms. The average Bonchev–Trinajstić information content (AvgIpc) is 3.41. The maximum absolute atomic E-state index is 14.3. The summed E-state index contributed by atoms with van der Waals surface area (Å²) in [6.07, 6.45) is 2.61. The third kappa shape index (κ3) is 5.13. The van der Waals surface area contributed by atoms with Gasteiger partial charge in [0.1, 0.15) is 5.82 Å². The van der Waals surface area contributed by atoms with Gasteiger partial charge in [0.2, 0.25) is 11.8 Å². The maximum atomic E-state index is 14.3. The van der Waals surface area contributed by atoms with Crippen LogP contribution in [0.15, 0.2) is 48.5 Å². The molecular formula is C24H25F2N3O3. The molecule has 1 amide bonds. The number of amides is 1. The van der Waals surface area contributed by atoms with Crippen LogP contribution in [0.3, 0.4) is 0 Å². The van der Waals surface area contributed by atoms with E-state index in [9.17, 15) is 13.6 Å². The molecule has 1 fully saturated rings. The number of nitrogens with zero attached hydrogens (tertiary/aromatic N) is 2. The van der Waals surface area contributed by atoms with Crippen LogP contribution in [0.5, 0.6) is 11.6 Å². The Bertz CT molecular complexity index is 1080. The summed E-state index contributed by atoms with van der Waals surface area (Å²) in [5, 5.41) is 7.46. The lowest BCUT2D eigenvalue weighted by atomic mass is 10.1. The minimum atomic E-state index is -0.816. The summed E-state index contributed by atoms with van der Waals surface area (Å²) in [6, 6.07) is 12.4. The first-order valence-electron chi connectivity index (χ1n) is 10.7. The fourth-order valence-corrected chi connectivity index (χ4v) is 3.70. The summed E-state index contributed by atoms with van der Waals surface area (Å²) in [6.45, 7) is 3.04. The van der Waals surface area contributed by atoms with E-state index in [2.05, 4.69) is 10.4 Å². The number of para-hydroxylation sites is 1. The van der Waals surface area contributed by atoms with Crippen LogP contribution in [0.25, 0.3) is 5.69 Å². The van der Waals surface area contributed by atoms with Crippen molar-refractivity contribution in [2.45, 2.75) is 38.7 Å². The Hall–Kier alpha value is -3.26. The first-order chi connectivity index (χ1) is 15.5. The minimum absolute atomic E-state index is 0.0712. The van der Waals surface area contributed by atoms with Gasteiger partial charge in [-0.05, 0) is 50.5 Å². The number of rotatable bonds is 8. The smallest absolute Gasteiger partial charge is 0.226 e. The molecule has 4 rings (SSSR count). The number of aromatic nitrogens is 2. The number of carbonyl (C=O) groups excluding carboxylic acids is 1. The van der Waals surface area contributed by atoms with Gasteiger partial charge < -0.3 is 14.8 Å². The zero-order valence-corrected chi connectivity index (χ0v) is 17.8. The fourth-order valence-electron chi connectivity index (χ4n) is 3.70. The zero-order valence-electron chi connectivity index (χ0n) is 17.8. The number of hydrogen-bond acceptors (Lipinski definition) is 4. The number of ether oxygens (including phenoxy) is 2. The van der Waals surface area contributed by atoms with E-state index in [-0.39, 0.29) is 24.2 Å². The Morgan fingerprint density at radius 1 is 1.25 bits per heavy atom. The number of aryl methyl sites for hydroxylation is 1. The van der Waals surface area contributed by atoms with E-state index in [0.717, 1.165) is 37.3 Å². The van der Waals surface area contributed by atoms with Crippen LogP contribution >= 0.6 is 0 Å². The van der Waals surface area contributed by atoms with Crippen molar-refractivity contribution in [3.05, 3.63) is 71.4 Å². The van der Waals surface area contributed by atoms with Gasteiger partial charge in [0.25, 0.3) is 0 Å². The molecule has 3 aromatic rings. The van der Waals surface area contributed by atoms with E-state index in [1.807, 2.05) is 37.3 Å². The monoisotopic (exact) mass is 441 g/mol. The zero-order chi connectivity index (χ0) is 22.5. The van der Waals surface area contributed by atoms with Gasteiger partial charge in [-0.15, -0.1) is 0 Å². The van der Waals surface area contributed by atoms with Crippen molar-refractivity contribution < 1.29 is 23.0 Å². The van der Waals surface area contributed by atoms with Gasteiger partial charge in [0.05, 0.1) is 17.5 Å². The van der Waals surface area contributed by atoms with Crippen LogP contribution in [-0.4, -0.2) is 34.9 Å². The van der Waals surface area contributed by atoms with Gasteiger partial charge in [-0.1, -0.05) is 18.2 Å². The molecule has 0 unspecified atom stereocenters. The maximum Gasteiger partial charge on any atom is 0.226 e. The second kappa shape index (κ2) is 9.91. The quantitative estimate of drug-likeness (QED) is 0.560. The summed E-state index contributed by atoms with van der Waals surface area (Å²) < 4.78 is 40.6.